The lowest BCUT2D eigenvalue weighted by Crippen LogP contribution is -2.52. The predicted octanol–water partition coefficient (Wildman–Crippen LogP) is 1.29. The van der Waals surface area contributed by atoms with E-state index in [0.29, 0.717) is 36.2 Å². The summed E-state index contributed by atoms with van der Waals surface area (Å²) in [5.74, 6) is 0.647. The molecule has 3 heterocycles. The number of likely N-dealkylation sites (tertiary alicyclic amines) is 1. The second-order valence-corrected chi connectivity index (χ2v) is 6.67. The van der Waals surface area contributed by atoms with E-state index >= 15 is 0 Å². The Labute approximate surface area is 146 Å². The number of amides is 1. The third kappa shape index (κ3) is 3.62. The third-order valence-corrected chi connectivity index (χ3v) is 4.92. The van der Waals surface area contributed by atoms with Crippen LogP contribution in [0.2, 0.25) is 0 Å². The molecule has 1 atom stereocenters. The van der Waals surface area contributed by atoms with Gasteiger partial charge in [-0.05, 0) is 25.5 Å². The second kappa shape index (κ2) is 7.81. The van der Waals surface area contributed by atoms with Crippen molar-refractivity contribution >= 4 is 23.5 Å². The highest BCUT2D eigenvalue weighted by molar-refractivity contribution is 7.98. The molecule has 2 aliphatic rings. The molecular weight excluding hydrogens is 326 g/mol. The number of carbonyl (C=O) groups is 1. The summed E-state index contributed by atoms with van der Waals surface area (Å²) in [7, 11) is 0. The van der Waals surface area contributed by atoms with Crippen molar-refractivity contribution in [2.45, 2.75) is 30.5 Å². The van der Waals surface area contributed by atoms with E-state index in [0.717, 1.165) is 25.9 Å². The summed E-state index contributed by atoms with van der Waals surface area (Å²) in [6.07, 6.45) is 6.26. The normalized spacial score (nSPS) is 21.4. The van der Waals surface area contributed by atoms with Gasteiger partial charge in [0.05, 0.1) is 19.3 Å². The lowest BCUT2D eigenvalue weighted by atomic mass is 10.1. The fraction of sp³-hybridized carbons (Fsp3) is 0.625. The van der Waals surface area contributed by atoms with E-state index < -0.39 is 6.10 Å². The van der Waals surface area contributed by atoms with Gasteiger partial charge in [0.15, 0.2) is 17.1 Å². The number of anilines is 1. The molecule has 0 radical (unpaired) electrons. The van der Waals surface area contributed by atoms with Gasteiger partial charge in [-0.3, -0.25) is 4.79 Å². The number of rotatable bonds is 3. The minimum absolute atomic E-state index is 0.0528. The van der Waals surface area contributed by atoms with E-state index in [1.165, 1.54) is 18.2 Å². The van der Waals surface area contributed by atoms with Gasteiger partial charge in [-0.15, -0.1) is 0 Å². The van der Waals surface area contributed by atoms with Gasteiger partial charge in [0.1, 0.15) is 11.6 Å². The van der Waals surface area contributed by atoms with Crippen molar-refractivity contribution in [1.29, 1.82) is 5.26 Å². The van der Waals surface area contributed by atoms with E-state index in [-0.39, 0.29) is 5.91 Å². The van der Waals surface area contributed by atoms with Crippen LogP contribution in [0, 0.1) is 11.3 Å². The van der Waals surface area contributed by atoms with E-state index in [9.17, 15) is 10.1 Å². The van der Waals surface area contributed by atoms with Gasteiger partial charge in [-0.1, -0.05) is 11.8 Å². The molecule has 0 aromatic carbocycles. The molecule has 1 amide bonds. The molecule has 2 fully saturated rings. The number of ether oxygens (including phenoxy) is 1. The number of thioether (sulfide) groups is 1. The zero-order chi connectivity index (χ0) is 16.9. The Bertz CT molecular complexity index is 642. The van der Waals surface area contributed by atoms with Crippen LogP contribution in [0.3, 0.4) is 0 Å². The van der Waals surface area contributed by atoms with Gasteiger partial charge < -0.3 is 14.5 Å². The molecule has 24 heavy (non-hydrogen) atoms. The molecule has 2 saturated heterocycles. The number of aromatic nitrogens is 2. The molecular formula is C16H21N5O2S. The van der Waals surface area contributed by atoms with Crippen molar-refractivity contribution in [3.05, 3.63) is 11.8 Å². The van der Waals surface area contributed by atoms with Crippen LogP contribution in [0.15, 0.2) is 11.4 Å². The average molecular weight is 347 g/mol. The van der Waals surface area contributed by atoms with Crippen LogP contribution < -0.4 is 4.90 Å². The number of carbonyl (C=O) groups excluding carboxylic acids is 1. The van der Waals surface area contributed by atoms with Crippen LogP contribution in [0.5, 0.6) is 0 Å². The summed E-state index contributed by atoms with van der Waals surface area (Å²) in [5, 5.41) is 9.94. The Morgan fingerprint density at radius 2 is 2.17 bits per heavy atom. The van der Waals surface area contributed by atoms with Crippen molar-refractivity contribution in [3.8, 4) is 6.07 Å². The first kappa shape index (κ1) is 17.0. The van der Waals surface area contributed by atoms with Gasteiger partial charge in [0.2, 0.25) is 0 Å². The Kier molecular flexibility index (Phi) is 5.53. The van der Waals surface area contributed by atoms with Crippen LogP contribution in [-0.4, -0.2) is 65.9 Å². The Morgan fingerprint density at radius 1 is 1.38 bits per heavy atom. The second-order valence-electron chi connectivity index (χ2n) is 5.90. The lowest BCUT2D eigenvalue weighted by molar-refractivity contribution is -0.145. The highest BCUT2D eigenvalue weighted by Gasteiger charge is 2.32. The molecule has 2 aliphatic heterocycles. The molecule has 0 spiro atoms. The average Bonchev–Trinajstić information content (AvgIpc) is 2.67. The van der Waals surface area contributed by atoms with Crippen LogP contribution in [-0.2, 0) is 9.53 Å². The Balaban J connectivity index is 1.76. The molecule has 0 saturated carbocycles. The summed E-state index contributed by atoms with van der Waals surface area (Å²) in [5.41, 5.74) is 0.430. The third-order valence-electron chi connectivity index (χ3n) is 4.36. The molecule has 0 aliphatic carbocycles. The number of hydrogen-bond donors (Lipinski definition) is 0. The molecule has 3 rings (SSSR count). The number of hydrogen-bond acceptors (Lipinski definition) is 7. The quantitative estimate of drug-likeness (QED) is 0.602. The zero-order valence-electron chi connectivity index (χ0n) is 13.8. The first-order valence-corrected chi connectivity index (χ1v) is 9.42. The Morgan fingerprint density at radius 3 is 2.88 bits per heavy atom. The van der Waals surface area contributed by atoms with Gasteiger partial charge in [0, 0.05) is 19.6 Å². The maximum Gasteiger partial charge on any atom is 0.253 e. The molecule has 0 N–H and O–H groups in total. The van der Waals surface area contributed by atoms with E-state index in [1.54, 1.807) is 6.20 Å². The van der Waals surface area contributed by atoms with Gasteiger partial charge in [-0.2, -0.15) is 5.26 Å². The first-order chi connectivity index (χ1) is 11.7. The predicted molar refractivity (Wildman–Crippen MR) is 90.9 cm³/mol. The summed E-state index contributed by atoms with van der Waals surface area (Å²) < 4.78 is 5.71. The highest BCUT2D eigenvalue weighted by atomic mass is 32.2. The van der Waals surface area contributed by atoms with E-state index in [2.05, 4.69) is 16.0 Å². The molecule has 1 aromatic heterocycles. The number of morpholine rings is 1. The van der Waals surface area contributed by atoms with Crippen molar-refractivity contribution in [1.82, 2.24) is 14.9 Å². The topological polar surface area (TPSA) is 82.3 Å². The number of nitriles is 1. The van der Waals surface area contributed by atoms with Crippen LogP contribution >= 0.6 is 11.8 Å². The molecule has 128 valence electrons. The van der Waals surface area contributed by atoms with Crippen LogP contribution in [0.25, 0.3) is 0 Å². The Hall–Kier alpha value is -1.85. The van der Waals surface area contributed by atoms with Gasteiger partial charge in [0.25, 0.3) is 5.91 Å². The zero-order valence-corrected chi connectivity index (χ0v) is 14.6. The molecule has 8 heteroatoms. The first-order valence-electron chi connectivity index (χ1n) is 8.19. The summed E-state index contributed by atoms with van der Waals surface area (Å²) >= 11 is 1.43. The number of piperidine rings is 1. The molecule has 1 aromatic rings. The largest absolute Gasteiger partial charge is 0.365 e. The van der Waals surface area contributed by atoms with E-state index in [1.807, 2.05) is 16.1 Å². The maximum atomic E-state index is 12.7. The van der Waals surface area contributed by atoms with Crippen LogP contribution in [0.4, 0.5) is 5.82 Å². The smallest absolute Gasteiger partial charge is 0.253 e. The molecule has 7 nitrogen and oxygen atoms in total. The maximum absolute atomic E-state index is 12.7. The number of nitrogens with zero attached hydrogens (tertiary/aromatic N) is 5. The molecule has 1 unspecified atom stereocenters. The lowest BCUT2D eigenvalue weighted by Gasteiger charge is -2.36. The summed E-state index contributed by atoms with van der Waals surface area (Å²) in [6, 6.07) is 2.14. The van der Waals surface area contributed by atoms with E-state index in [4.69, 9.17) is 4.74 Å². The minimum Gasteiger partial charge on any atom is -0.365 e. The monoisotopic (exact) mass is 347 g/mol. The van der Waals surface area contributed by atoms with Gasteiger partial charge >= 0.3 is 0 Å². The fourth-order valence-electron chi connectivity index (χ4n) is 3.08. The SMILES string of the molecule is CSc1ncc(C#N)c(N2CCOC(C(=O)N3CCCCC3)C2)n1. The highest BCUT2D eigenvalue weighted by Crippen LogP contribution is 2.23. The standard InChI is InChI=1S/C16H21N5O2S/c1-24-16-18-10-12(9-17)14(19-16)21-7-8-23-13(11-21)15(22)20-5-3-2-4-6-20/h10,13H,2-8,11H2,1H3. The summed E-state index contributed by atoms with van der Waals surface area (Å²) in [4.78, 5) is 25.2. The minimum atomic E-state index is -0.490. The summed E-state index contributed by atoms with van der Waals surface area (Å²) in [6.45, 7) is 3.12. The van der Waals surface area contributed by atoms with Crippen molar-refractivity contribution in [3.63, 3.8) is 0 Å². The fourth-order valence-corrected chi connectivity index (χ4v) is 3.42. The van der Waals surface area contributed by atoms with Gasteiger partial charge in [-0.25, -0.2) is 9.97 Å². The van der Waals surface area contributed by atoms with Crippen LogP contribution in [0.1, 0.15) is 24.8 Å². The molecule has 0 bridgehead atoms. The van der Waals surface area contributed by atoms with Crippen molar-refractivity contribution < 1.29 is 9.53 Å². The van der Waals surface area contributed by atoms with Crippen molar-refractivity contribution in [2.75, 3.05) is 43.9 Å². The van der Waals surface area contributed by atoms with Crippen molar-refractivity contribution in [2.24, 2.45) is 0 Å².